The first kappa shape index (κ1) is 14.3. The molecule has 0 atom stereocenters. The van der Waals surface area contributed by atoms with Gasteiger partial charge in [0.05, 0.1) is 5.69 Å². The average molecular weight is 300 g/mol. The lowest BCUT2D eigenvalue weighted by Crippen LogP contribution is -2.13. The van der Waals surface area contributed by atoms with E-state index in [1.54, 1.807) is 18.2 Å². The fourth-order valence-electron chi connectivity index (χ4n) is 2.32. The van der Waals surface area contributed by atoms with E-state index in [0.717, 1.165) is 24.1 Å². The van der Waals surface area contributed by atoms with Gasteiger partial charge in [-0.3, -0.25) is 9.59 Å². The van der Waals surface area contributed by atoms with Gasteiger partial charge in [-0.1, -0.05) is 17.3 Å². The number of nitrogens with zero attached hydrogens (tertiary/aromatic N) is 1. The van der Waals surface area contributed by atoms with Crippen molar-refractivity contribution in [3.63, 3.8) is 0 Å². The second kappa shape index (κ2) is 6.01. The number of hydrogen-bond acceptors (Lipinski definition) is 4. The highest BCUT2D eigenvalue weighted by Crippen LogP contribution is 2.40. The van der Waals surface area contributed by atoms with Gasteiger partial charge < -0.3 is 14.9 Å². The molecule has 1 aliphatic carbocycles. The number of anilines is 1. The van der Waals surface area contributed by atoms with E-state index >= 15 is 0 Å². The fraction of sp³-hybridized carbons (Fsp3) is 0.312. The molecular weight excluding hydrogens is 284 g/mol. The van der Waals surface area contributed by atoms with Crippen LogP contribution in [0, 0.1) is 0 Å². The maximum Gasteiger partial charge on any atom is 0.303 e. The Morgan fingerprint density at radius 3 is 2.91 bits per heavy atom. The van der Waals surface area contributed by atoms with Crippen LogP contribution < -0.4 is 5.32 Å². The van der Waals surface area contributed by atoms with E-state index in [9.17, 15) is 9.59 Å². The van der Waals surface area contributed by atoms with E-state index in [0.29, 0.717) is 23.6 Å². The van der Waals surface area contributed by atoms with Crippen LogP contribution in [0.5, 0.6) is 0 Å². The minimum atomic E-state index is -0.840. The molecule has 0 saturated heterocycles. The molecule has 22 heavy (non-hydrogen) atoms. The summed E-state index contributed by atoms with van der Waals surface area (Å²) in [6.45, 7) is 0. The number of nitrogens with one attached hydrogen (secondary N) is 1. The average Bonchev–Trinajstić information content (AvgIpc) is 3.22. The Balaban J connectivity index is 1.69. The summed E-state index contributed by atoms with van der Waals surface area (Å²) >= 11 is 0. The van der Waals surface area contributed by atoms with Crippen molar-refractivity contribution in [2.75, 3.05) is 5.32 Å². The summed E-state index contributed by atoms with van der Waals surface area (Å²) in [4.78, 5) is 22.9. The predicted octanol–water partition coefficient (Wildman–Crippen LogP) is 2.82. The zero-order chi connectivity index (χ0) is 15.5. The van der Waals surface area contributed by atoms with Crippen LogP contribution in [0.25, 0.3) is 0 Å². The van der Waals surface area contributed by atoms with Crippen LogP contribution in [0.15, 0.2) is 35.1 Å². The second-order valence-electron chi connectivity index (χ2n) is 5.44. The van der Waals surface area contributed by atoms with Crippen molar-refractivity contribution in [2.45, 2.75) is 31.6 Å². The molecular formula is C16H16N2O4. The van der Waals surface area contributed by atoms with E-state index < -0.39 is 5.97 Å². The van der Waals surface area contributed by atoms with Gasteiger partial charge in [-0.2, -0.15) is 0 Å². The topological polar surface area (TPSA) is 92.4 Å². The summed E-state index contributed by atoms with van der Waals surface area (Å²) in [5.74, 6) is -0.757. The molecule has 0 radical (unpaired) electrons. The number of benzene rings is 1. The molecule has 1 heterocycles. The van der Waals surface area contributed by atoms with Gasteiger partial charge in [-0.15, -0.1) is 0 Å². The van der Waals surface area contributed by atoms with Crippen LogP contribution in [0.1, 0.15) is 46.8 Å². The van der Waals surface area contributed by atoms with Crippen LogP contribution in [-0.2, 0) is 11.2 Å². The van der Waals surface area contributed by atoms with Gasteiger partial charge in [0, 0.05) is 18.0 Å². The Labute approximate surface area is 127 Å². The molecule has 0 unspecified atom stereocenters. The van der Waals surface area contributed by atoms with E-state index in [2.05, 4.69) is 10.5 Å². The summed E-state index contributed by atoms with van der Waals surface area (Å²) in [6, 6.07) is 7.19. The summed E-state index contributed by atoms with van der Waals surface area (Å²) < 4.78 is 4.92. The lowest BCUT2D eigenvalue weighted by Gasteiger charge is -2.06. The smallest absolute Gasteiger partial charge is 0.303 e. The lowest BCUT2D eigenvalue weighted by molar-refractivity contribution is -0.136. The molecule has 1 aliphatic rings. The van der Waals surface area contributed by atoms with Crippen molar-refractivity contribution in [3.8, 4) is 0 Å². The number of aliphatic carboxylic acids is 1. The SMILES string of the molecule is O=C(O)CCc1cccc(NC(=O)c2conc2C2CC2)c1. The van der Waals surface area contributed by atoms with Gasteiger partial charge in [0.1, 0.15) is 11.8 Å². The summed E-state index contributed by atoms with van der Waals surface area (Å²) in [7, 11) is 0. The molecule has 1 aromatic carbocycles. The normalized spacial score (nSPS) is 13.8. The Bertz CT molecular complexity index is 704. The number of rotatable bonds is 6. The zero-order valence-corrected chi connectivity index (χ0v) is 11.9. The lowest BCUT2D eigenvalue weighted by atomic mass is 10.1. The maximum absolute atomic E-state index is 12.3. The third-order valence-electron chi connectivity index (χ3n) is 3.62. The van der Waals surface area contributed by atoms with Gasteiger partial charge in [-0.25, -0.2) is 0 Å². The summed E-state index contributed by atoms with van der Waals surface area (Å²) in [6.07, 6.45) is 3.95. The monoisotopic (exact) mass is 300 g/mol. The van der Waals surface area contributed by atoms with Crippen molar-refractivity contribution in [2.24, 2.45) is 0 Å². The molecule has 0 bridgehead atoms. The Kier molecular flexibility index (Phi) is 3.91. The highest BCUT2D eigenvalue weighted by molar-refractivity contribution is 6.05. The van der Waals surface area contributed by atoms with Gasteiger partial charge in [0.2, 0.25) is 0 Å². The Hall–Kier alpha value is -2.63. The van der Waals surface area contributed by atoms with E-state index in [-0.39, 0.29) is 12.3 Å². The Morgan fingerprint density at radius 1 is 1.36 bits per heavy atom. The number of carboxylic acids is 1. The van der Waals surface area contributed by atoms with Crippen LogP contribution >= 0.6 is 0 Å². The molecule has 0 aliphatic heterocycles. The fourth-order valence-corrected chi connectivity index (χ4v) is 2.32. The number of carbonyl (C=O) groups excluding carboxylic acids is 1. The molecule has 2 aromatic rings. The number of carbonyl (C=O) groups is 2. The number of amides is 1. The first-order chi connectivity index (χ1) is 10.6. The molecule has 2 N–H and O–H groups in total. The third kappa shape index (κ3) is 3.33. The molecule has 1 saturated carbocycles. The number of aromatic nitrogens is 1. The predicted molar refractivity (Wildman–Crippen MR) is 78.8 cm³/mol. The minimum absolute atomic E-state index is 0.0644. The molecule has 6 nitrogen and oxygen atoms in total. The molecule has 1 amide bonds. The van der Waals surface area contributed by atoms with Gasteiger partial charge >= 0.3 is 5.97 Å². The highest BCUT2D eigenvalue weighted by Gasteiger charge is 2.31. The van der Waals surface area contributed by atoms with Gasteiger partial charge in [0.25, 0.3) is 5.91 Å². The van der Waals surface area contributed by atoms with Crippen LogP contribution in [0.4, 0.5) is 5.69 Å². The van der Waals surface area contributed by atoms with E-state index in [1.807, 2.05) is 6.07 Å². The number of aryl methyl sites for hydroxylation is 1. The quantitative estimate of drug-likeness (QED) is 0.855. The molecule has 3 rings (SSSR count). The highest BCUT2D eigenvalue weighted by atomic mass is 16.5. The van der Waals surface area contributed by atoms with Gasteiger partial charge in [0.15, 0.2) is 0 Å². The zero-order valence-electron chi connectivity index (χ0n) is 11.9. The molecule has 6 heteroatoms. The second-order valence-corrected chi connectivity index (χ2v) is 5.44. The summed E-state index contributed by atoms with van der Waals surface area (Å²) in [5.41, 5.74) is 2.70. The third-order valence-corrected chi connectivity index (χ3v) is 3.62. The van der Waals surface area contributed by atoms with Crippen molar-refractivity contribution < 1.29 is 19.2 Å². The van der Waals surface area contributed by atoms with E-state index in [4.69, 9.17) is 9.63 Å². The maximum atomic E-state index is 12.3. The molecule has 1 aromatic heterocycles. The van der Waals surface area contributed by atoms with Crippen molar-refractivity contribution in [1.82, 2.24) is 5.16 Å². The van der Waals surface area contributed by atoms with Gasteiger partial charge in [-0.05, 0) is 37.0 Å². The van der Waals surface area contributed by atoms with Crippen LogP contribution in [0.2, 0.25) is 0 Å². The van der Waals surface area contributed by atoms with Crippen molar-refractivity contribution in [3.05, 3.63) is 47.3 Å². The first-order valence-corrected chi connectivity index (χ1v) is 7.20. The van der Waals surface area contributed by atoms with Crippen molar-refractivity contribution in [1.29, 1.82) is 0 Å². The minimum Gasteiger partial charge on any atom is -0.481 e. The van der Waals surface area contributed by atoms with Crippen molar-refractivity contribution >= 4 is 17.6 Å². The standard InChI is InChI=1S/C16H16N2O4/c19-14(20)7-4-10-2-1-3-12(8-10)17-16(21)13-9-22-18-15(13)11-5-6-11/h1-3,8-9,11H,4-7H2,(H,17,21)(H,19,20). The molecule has 0 spiro atoms. The van der Waals surface area contributed by atoms with Crippen LogP contribution in [0.3, 0.4) is 0 Å². The number of carboxylic acid groups (broad SMARTS) is 1. The largest absolute Gasteiger partial charge is 0.481 e. The first-order valence-electron chi connectivity index (χ1n) is 7.20. The van der Waals surface area contributed by atoms with Crippen LogP contribution in [-0.4, -0.2) is 22.1 Å². The van der Waals surface area contributed by atoms with E-state index in [1.165, 1.54) is 6.26 Å². The molecule has 1 fully saturated rings. The number of hydrogen-bond donors (Lipinski definition) is 2. The summed E-state index contributed by atoms with van der Waals surface area (Å²) in [5, 5.41) is 15.4. The molecule has 114 valence electrons. The Morgan fingerprint density at radius 2 is 2.18 bits per heavy atom.